The quantitative estimate of drug-likeness (QED) is 0.783. The summed E-state index contributed by atoms with van der Waals surface area (Å²) in [4.78, 5) is 0. The van der Waals surface area contributed by atoms with E-state index in [1.165, 1.54) is 0 Å². The van der Waals surface area contributed by atoms with E-state index >= 15 is 0 Å². The molecule has 1 atom stereocenters. The van der Waals surface area contributed by atoms with E-state index < -0.39 is 0 Å². The van der Waals surface area contributed by atoms with Crippen LogP contribution in [-0.2, 0) is 0 Å². The summed E-state index contributed by atoms with van der Waals surface area (Å²) in [6, 6.07) is 8.03. The fourth-order valence-electron chi connectivity index (χ4n) is 2.11. The second kappa shape index (κ2) is 6.76. The summed E-state index contributed by atoms with van der Waals surface area (Å²) in [6.45, 7) is 6.97. The fourth-order valence-corrected chi connectivity index (χ4v) is 2.11. The van der Waals surface area contributed by atoms with Crippen LogP contribution >= 0.6 is 0 Å². The number of nitrogens with two attached hydrogens (primary N) is 1. The summed E-state index contributed by atoms with van der Waals surface area (Å²) in [7, 11) is 0. The van der Waals surface area contributed by atoms with Crippen LogP contribution in [0.25, 0.3) is 0 Å². The van der Waals surface area contributed by atoms with E-state index in [0.29, 0.717) is 6.42 Å². The maximum atomic E-state index is 9.15. The van der Waals surface area contributed by atoms with Gasteiger partial charge in [-0.15, -0.1) is 0 Å². The van der Waals surface area contributed by atoms with Crippen molar-refractivity contribution in [1.29, 1.82) is 0 Å². The van der Waals surface area contributed by atoms with Crippen LogP contribution in [0.2, 0.25) is 0 Å². The SMILES string of the molecule is CCCOc1ccc(C(CCO)C(C)(C)N)cc1. The first kappa shape index (κ1) is 15.0. The van der Waals surface area contributed by atoms with E-state index in [0.717, 1.165) is 24.3 Å². The van der Waals surface area contributed by atoms with Crippen molar-refractivity contribution >= 4 is 0 Å². The Kier molecular flexibility index (Phi) is 5.63. The average Bonchev–Trinajstić information content (AvgIpc) is 2.33. The summed E-state index contributed by atoms with van der Waals surface area (Å²) >= 11 is 0. The molecule has 0 bridgehead atoms. The zero-order chi connectivity index (χ0) is 13.6. The fraction of sp³-hybridized carbons (Fsp3) is 0.600. The highest BCUT2D eigenvalue weighted by Gasteiger charge is 2.26. The normalized spacial score (nSPS) is 13.4. The number of aliphatic hydroxyl groups is 1. The zero-order valence-electron chi connectivity index (χ0n) is 11.6. The number of hydrogen-bond acceptors (Lipinski definition) is 3. The molecule has 0 aliphatic carbocycles. The average molecular weight is 251 g/mol. The second-order valence-corrected chi connectivity index (χ2v) is 5.30. The van der Waals surface area contributed by atoms with Gasteiger partial charge in [0, 0.05) is 18.1 Å². The van der Waals surface area contributed by atoms with E-state index in [2.05, 4.69) is 6.92 Å². The maximum absolute atomic E-state index is 9.15. The van der Waals surface area contributed by atoms with Gasteiger partial charge in [-0.1, -0.05) is 19.1 Å². The van der Waals surface area contributed by atoms with Gasteiger partial charge in [-0.3, -0.25) is 0 Å². The Morgan fingerprint density at radius 1 is 1.28 bits per heavy atom. The van der Waals surface area contributed by atoms with E-state index in [4.69, 9.17) is 15.6 Å². The number of aliphatic hydroxyl groups excluding tert-OH is 1. The predicted molar refractivity (Wildman–Crippen MR) is 74.9 cm³/mol. The van der Waals surface area contributed by atoms with Gasteiger partial charge < -0.3 is 15.6 Å². The van der Waals surface area contributed by atoms with Gasteiger partial charge in [-0.25, -0.2) is 0 Å². The maximum Gasteiger partial charge on any atom is 0.119 e. The summed E-state index contributed by atoms with van der Waals surface area (Å²) in [5, 5.41) is 9.15. The molecule has 0 saturated heterocycles. The van der Waals surface area contributed by atoms with Crippen LogP contribution in [0.15, 0.2) is 24.3 Å². The highest BCUT2D eigenvalue weighted by atomic mass is 16.5. The van der Waals surface area contributed by atoms with Crippen molar-refractivity contribution in [1.82, 2.24) is 0 Å². The lowest BCUT2D eigenvalue weighted by Gasteiger charge is -2.30. The number of ether oxygens (including phenoxy) is 1. The minimum atomic E-state index is -0.339. The van der Waals surface area contributed by atoms with Crippen LogP contribution in [0.5, 0.6) is 5.75 Å². The van der Waals surface area contributed by atoms with E-state index in [1.54, 1.807) is 0 Å². The van der Waals surface area contributed by atoms with Gasteiger partial charge in [0.1, 0.15) is 5.75 Å². The molecule has 0 aromatic heterocycles. The molecule has 3 N–H and O–H groups in total. The molecule has 1 unspecified atom stereocenters. The molecule has 0 saturated carbocycles. The first-order valence-electron chi connectivity index (χ1n) is 6.61. The Morgan fingerprint density at radius 3 is 2.33 bits per heavy atom. The molecule has 0 spiro atoms. The van der Waals surface area contributed by atoms with Crippen LogP contribution in [0.3, 0.4) is 0 Å². The largest absolute Gasteiger partial charge is 0.494 e. The molecule has 1 aromatic rings. The standard InChI is InChI=1S/C15H25NO2/c1-4-11-18-13-7-5-12(6-8-13)14(9-10-17)15(2,3)16/h5-8,14,17H,4,9-11,16H2,1-3H3. The topological polar surface area (TPSA) is 55.5 Å². The molecule has 1 aromatic carbocycles. The Bertz CT molecular complexity index is 341. The molecule has 0 aliphatic rings. The van der Waals surface area contributed by atoms with Gasteiger partial charge in [-0.05, 0) is 44.4 Å². The van der Waals surface area contributed by atoms with Crippen molar-refractivity contribution < 1.29 is 9.84 Å². The number of hydrogen-bond donors (Lipinski definition) is 2. The van der Waals surface area contributed by atoms with Crippen LogP contribution < -0.4 is 10.5 Å². The number of rotatable bonds is 7. The van der Waals surface area contributed by atoms with E-state index in [1.807, 2.05) is 38.1 Å². The van der Waals surface area contributed by atoms with Gasteiger partial charge in [0.05, 0.1) is 6.61 Å². The van der Waals surface area contributed by atoms with Gasteiger partial charge in [-0.2, -0.15) is 0 Å². The van der Waals surface area contributed by atoms with Crippen molar-refractivity contribution in [2.75, 3.05) is 13.2 Å². The Labute approximate surface area is 110 Å². The van der Waals surface area contributed by atoms with Gasteiger partial charge in [0.15, 0.2) is 0 Å². The lowest BCUT2D eigenvalue weighted by Crippen LogP contribution is -2.39. The van der Waals surface area contributed by atoms with Gasteiger partial charge in [0.25, 0.3) is 0 Å². The lowest BCUT2D eigenvalue weighted by molar-refractivity contribution is 0.250. The van der Waals surface area contributed by atoms with Crippen LogP contribution in [0.4, 0.5) is 0 Å². The van der Waals surface area contributed by atoms with Crippen LogP contribution in [-0.4, -0.2) is 23.9 Å². The van der Waals surface area contributed by atoms with Crippen molar-refractivity contribution in [2.45, 2.75) is 45.1 Å². The molecule has 102 valence electrons. The van der Waals surface area contributed by atoms with Gasteiger partial charge in [0.2, 0.25) is 0 Å². The molecule has 3 nitrogen and oxygen atoms in total. The predicted octanol–water partition coefficient (Wildman–Crippen LogP) is 2.68. The van der Waals surface area contributed by atoms with Crippen molar-refractivity contribution in [2.24, 2.45) is 5.73 Å². The summed E-state index contributed by atoms with van der Waals surface area (Å²) in [5.74, 6) is 1.04. The van der Waals surface area contributed by atoms with Crippen LogP contribution in [0, 0.1) is 0 Å². The molecule has 0 fully saturated rings. The lowest BCUT2D eigenvalue weighted by atomic mass is 9.80. The molecule has 1 rings (SSSR count). The molecule has 0 aliphatic heterocycles. The summed E-state index contributed by atoms with van der Waals surface area (Å²) in [6.07, 6.45) is 1.68. The van der Waals surface area contributed by atoms with E-state index in [9.17, 15) is 0 Å². The molecular weight excluding hydrogens is 226 g/mol. The summed E-state index contributed by atoms with van der Waals surface area (Å²) < 4.78 is 5.55. The third-order valence-corrected chi connectivity index (χ3v) is 3.07. The van der Waals surface area contributed by atoms with Crippen LogP contribution in [0.1, 0.15) is 45.1 Å². The van der Waals surface area contributed by atoms with Crippen molar-refractivity contribution in [3.63, 3.8) is 0 Å². The van der Waals surface area contributed by atoms with E-state index in [-0.39, 0.29) is 18.1 Å². The third kappa shape index (κ3) is 4.31. The number of benzene rings is 1. The Balaban J connectivity index is 2.80. The Morgan fingerprint density at radius 2 is 1.89 bits per heavy atom. The first-order chi connectivity index (χ1) is 8.49. The molecule has 0 radical (unpaired) electrons. The first-order valence-corrected chi connectivity index (χ1v) is 6.61. The van der Waals surface area contributed by atoms with Gasteiger partial charge >= 0.3 is 0 Å². The minimum absolute atomic E-state index is 0.152. The van der Waals surface area contributed by atoms with Crippen molar-refractivity contribution in [3.8, 4) is 5.75 Å². The second-order valence-electron chi connectivity index (χ2n) is 5.30. The van der Waals surface area contributed by atoms with Crippen molar-refractivity contribution in [3.05, 3.63) is 29.8 Å². The highest BCUT2D eigenvalue weighted by molar-refractivity contribution is 5.31. The molecule has 0 heterocycles. The Hall–Kier alpha value is -1.06. The smallest absolute Gasteiger partial charge is 0.119 e. The molecule has 18 heavy (non-hydrogen) atoms. The summed E-state index contributed by atoms with van der Waals surface area (Å²) in [5.41, 5.74) is 6.99. The minimum Gasteiger partial charge on any atom is -0.494 e. The third-order valence-electron chi connectivity index (χ3n) is 3.07. The zero-order valence-corrected chi connectivity index (χ0v) is 11.6. The monoisotopic (exact) mass is 251 g/mol. The molecule has 3 heteroatoms. The highest BCUT2D eigenvalue weighted by Crippen LogP contribution is 2.30. The molecular formula is C15H25NO2. The molecule has 0 amide bonds.